The summed E-state index contributed by atoms with van der Waals surface area (Å²) in [5.41, 5.74) is 2.95. The molecule has 6 nitrogen and oxygen atoms in total. The number of allylic oxidation sites excluding steroid dienone is 2. The fraction of sp³-hybridized carbons (Fsp3) is 0.577. The van der Waals surface area contributed by atoms with E-state index < -0.39 is 11.8 Å². The lowest BCUT2D eigenvalue weighted by atomic mass is 9.66. The van der Waals surface area contributed by atoms with Crippen molar-refractivity contribution in [1.29, 1.82) is 0 Å². The zero-order valence-corrected chi connectivity index (χ0v) is 19.9. The van der Waals surface area contributed by atoms with Gasteiger partial charge in [-0.25, -0.2) is 0 Å². The largest absolute Gasteiger partial charge is 0.497 e. The molecule has 1 saturated heterocycles. The average Bonchev–Trinajstić information content (AvgIpc) is 2.77. The Hall–Kier alpha value is -2.63. The summed E-state index contributed by atoms with van der Waals surface area (Å²) >= 11 is 0. The van der Waals surface area contributed by atoms with Gasteiger partial charge < -0.3 is 14.4 Å². The van der Waals surface area contributed by atoms with Crippen LogP contribution in [0.2, 0.25) is 0 Å². The zero-order valence-electron chi connectivity index (χ0n) is 19.9. The first-order valence-electron chi connectivity index (χ1n) is 11.6. The van der Waals surface area contributed by atoms with Gasteiger partial charge in [0.2, 0.25) is 5.91 Å². The maximum absolute atomic E-state index is 13.8. The third-order valence-electron chi connectivity index (χ3n) is 7.01. The van der Waals surface area contributed by atoms with Gasteiger partial charge in [0.15, 0.2) is 5.78 Å². The SMILES string of the molecule is COc1ccc(OC)c([C@H]2C3=C(CC(C)(C)CC3=O)N=C(C)C2C(=O)N2CCCCC2)c1. The van der Waals surface area contributed by atoms with Crippen LogP contribution in [0.4, 0.5) is 0 Å². The molecular weight excluding hydrogens is 404 g/mol. The molecule has 1 aliphatic carbocycles. The van der Waals surface area contributed by atoms with Crippen molar-refractivity contribution in [3.63, 3.8) is 0 Å². The third-order valence-corrected chi connectivity index (χ3v) is 7.01. The fourth-order valence-corrected chi connectivity index (χ4v) is 5.49. The van der Waals surface area contributed by atoms with Gasteiger partial charge in [0.1, 0.15) is 11.5 Å². The first-order chi connectivity index (χ1) is 15.3. The first kappa shape index (κ1) is 22.6. The van der Waals surface area contributed by atoms with Gasteiger partial charge >= 0.3 is 0 Å². The average molecular weight is 439 g/mol. The molecule has 1 aromatic rings. The molecule has 1 aromatic carbocycles. The molecule has 6 heteroatoms. The minimum atomic E-state index is -0.516. The smallest absolute Gasteiger partial charge is 0.232 e. The van der Waals surface area contributed by atoms with E-state index in [1.54, 1.807) is 14.2 Å². The van der Waals surface area contributed by atoms with Crippen molar-refractivity contribution in [2.45, 2.75) is 58.8 Å². The summed E-state index contributed by atoms with van der Waals surface area (Å²) in [5, 5.41) is 0. The molecule has 1 fully saturated rings. The molecule has 0 radical (unpaired) electrons. The normalized spacial score (nSPS) is 25.2. The van der Waals surface area contributed by atoms with E-state index in [2.05, 4.69) is 13.8 Å². The predicted molar refractivity (Wildman–Crippen MR) is 124 cm³/mol. The maximum atomic E-state index is 13.8. The molecule has 172 valence electrons. The Morgan fingerprint density at radius 3 is 2.47 bits per heavy atom. The molecule has 0 aromatic heterocycles. The van der Waals surface area contributed by atoms with Crippen molar-refractivity contribution in [3.05, 3.63) is 35.0 Å². The van der Waals surface area contributed by atoms with Crippen LogP contribution in [-0.4, -0.2) is 49.6 Å². The summed E-state index contributed by atoms with van der Waals surface area (Å²) in [4.78, 5) is 34.2. The number of rotatable bonds is 4. The summed E-state index contributed by atoms with van der Waals surface area (Å²) in [6.07, 6.45) is 4.36. The summed E-state index contributed by atoms with van der Waals surface area (Å²) in [7, 11) is 3.24. The van der Waals surface area contributed by atoms with Crippen LogP contribution in [0.15, 0.2) is 34.5 Å². The minimum absolute atomic E-state index is 0.0602. The zero-order chi connectivity index (χ0) is 23.0. The predicted octanol–water partition coefficient (Wildman–Crippen LogP) is 4.53. The number of aliphatic imine (C=N–C) groups is 1. The van der Waals surface area contributed by atoms with Crippen molar-refractivity contribution in [2.75, 3.05) is 27.3 Å². The van der Waals surface area contributed by atoms with E-state index >= 15 is 0 Å². The number of Topliss-reactive ketones (excluding diaryl/α,β-unsaturated/α-hetero) is 1. The highest BCUT2D eigenvalue weighted by Crippen LogP contribution is 2.50. The standard InChI is InChI=1S/C26H34N2O4/c1-16-22(25(30)28-11-7-6-8-12-28)23(18-13-17(31-4)9-10-21(18)32-5)24-19(27-16)14-26(2,3)15-20(24)29/h9-10,13,22-23H,6-8,11-12,14-15H2,1-5H3/t22?,23-/m1/s1. The van der Waals surface area contributed by atoms with Crippen molar-refractivity contribution in [1.82, 2.24) is 4.90 Å². The molecule has 1 amide bonds. The number of ether oxygens (including phenoxy) is 2. The lowest BCUT2D eigenvalue weighted by Gasteiger charge is -2.41. The molecular formula is C26H34N2O4. The van der Waals surface area contributed by atoms with Gasteiger partial charge in [-0.05, 0) is 56.2 Å². The number of piperidine rings is 1. The van der Waals surface area contributed by atoms with Crippen molar-refractivity contribution >= 4 is 17.4 Å². The van der Waals surface area contributed by atoms with Crippen LogP contribution in [0.1, 0.15) is 64.4 Å². The van der Waals surface area contributed by atoms with Gasteiger partial charge in [0.25, 0.3) is 0 Å². The van der Waals surface area contributed by atoms with E-state index in [0.29, 0.717) is 23.5 Å². The fourth-order valence-electron chi connectivity index (χ4n) is 5.49. The molecule has 0 saturated carbocycles. The number of carbonyl (C=O) groups is 2. The first-order valence-corrected chi connectivity index (χ1v) is 11.6. The Bertz CT molecular complexity index is 986. The van der Waals surface area contributed by atoms with E-state index in [4.69, 9.17) is 14.5 Å². The summed E-state index contributed by atoms with van der Waals surface area (Å²) in [5.74, 6) is 0.537. The van der Waals surface area contributed by atoms with Crippen LogP contribution in [0.25, 0.3) is 0 Å². The van der Waals surface area contributed by atoms with Gasteiger partial charge in [-0.1, -0.05) is 13.8 Å². The second-order valence-electron chi connectivity index (χ2n) is 10.0. The van der Waals surface area contributed by atoms with E-state index in [0.717, 1.165) is 55.7 Å². The summed E-state index contributed by atoms with van der Waals surface area (Å²) < 4.78 is 11.2. The lowest BCUT2D eigenvalue weighted by Crippen LogP contribution is -2.46. The van der Waals surface area contributed by atoms with Gasteiger partial charge in [0, 0.05) is 48.0 Å². The second kappa shape index (κ2) is 8.72. The molecule has 0 spiro atoms. The molecule has 0 N–H and O–H groups in total. The topological polar surface area (TPSA) is 68.2 Å². The molecule has 2 heterocycles. The van der Waals surface area contributed by atoms with E-state index in [1.165, 1.54) is 0 Å². The van der Waals surface area contributed by atoms with E-state index in [1.807, 2.05) is 30.0 Å². The number of amides is 1. The Morgan fingerprint density at radius 2 is 1.81 bits per heavy atom. The number of benzene rings is 1. The number of hydrogen-bond acceptors (Lipinski definition) is 5. The monoisotopic (exact) mass is 438 g/mol. The van der Waals surface area contributed by atoms with Crippen molar-refractivity contribution in [3.8, 4) is 11.5 Å². The van der Waals surface area contributed by atoms with Gasteiger partial charge in [-0.2, -0.15) is 0 Å². The van der Waals surface area contributed by atoms with E-state index in [9.17, 15) is 9.59 Å². The van der Waals surface area contributed by atoms with Crippen molar-refractivity contribution in [2.24, 2.45) is 16.3 Å². The van der Waals surface area contributed by atoms with Gasteiger partial charge in [0.05, 0.1) is 20.1 Å². The van der Waals surface area contributed by atoms with Crippen LogP contribution in [-0.2, 0) is 9.59 Å². The molecule has 4 rings (SSSR count). The molecule has 3 aliphatic rings. The minimum Gasteiger partial charge on any atom is -0.497 e. The molecule has 2 atom stereocenters. The van der Waals surface area contributed by atoms with Gasteiger partial charge in [-0.15, -0.1) is 0 Å². The molecule has 32 heavy (non-hydrogen) atoms. The molecule has 2 aliphatic heterocycles. The highest BCUT2D eigenvalue weighted by Gasteiger charge is 2.47. The van der Waals surface area contributed by atoms with Crippen LogP contribution < -0.4 is 9.47 Å². The molecule has 0 bridgehead atoms. The Kier molecular flexibility index (Phi) is 6.15. The van der Waals surface area contributed by atoms with Crippen LogP contribution in [0.3, 0.4) is 0 Å². The number of ketones is 1. The Labute approximate surface area is 190 Å². The lowest BCUT2D eigenvalue weighted by molar-refractivity contribution is -0.134. The quantitative estimate of drug-likeness (QED) is 0.692. The van der Waals surface area contributed by atoms with Crippen molar-refractivity contribution < 1.29 is 19.1 Å². The van der Waals surface area contributed by atoms with E-state index in [-0.39, 0.29) is 17.1 Å². The summed E-state index contributed by atoms with van der Waals surface area (Å²) in [6.45, 7) is 7.66. The number of carbonyl (C=O) groups excluding carboxylic acids is 2. The summed E-state index contributed by atoms with van der Waals surface area (Å²) in [6, 6.07) is 5.61. The Morgan fingerprint density at radius 1 is 1.09 bits per heavy atom. The number of hydrogen-bond donors (Lipinski definition) is 0. The van der Waals surface area contributed by atoms with Crippen LogP contribution in [0.5, 0.6) is 11.5 Å². The highest BCUT2D eigenvalue weighted by molar-refractivity contribution is 6.10. The number of methoxy groups -OCH3 is 2. The molecule has 1 unspecified atom stereocenters. The Balaban J connectivity index is 1.89. The highest BCUT2D eigenvalue weighted by atomic mass is 16.5. The second-order valence-corrected chi connectivity index (χ2v) is 10.0. The van der Waals surface area contributed by atoms with Crippen LogP contribution in [0, 0.1) is 11.3 Å². The third kappa shape index (κ3) is 4.07. The number of nitrogens with zero attached hydrogens (tertiary/aromatic N) is 2. The number of likely N-dealkylation sites (tertiary alicyclic amines) is 1. The maximum Gasteiger partial charge on any atom is 0.232 e. The van der Waals surface area contributed by atoms with Gasteiger partial charge in [-0.3, -0.25) is 14.6 Å². The van der Waals surface area contributed by atoms with Crippen LogP contribution >= 0.6 is 0 Å².